The average Bonchev–Trinajstić information content (AvgIpc) is 2.28. The van der Waals surface area contributed by atoms with E-state index in [0.29, 0.717) is 0 Å². The molecule has 0 bridgehead atoms. The van der Waals surface area contributed by atoms with Crippen LogP contribution in [0.2, 0.25) is 5.02 Å². The molecule has 0 amide bonds. The van der Waals surface area contributed by atoms with Gasteiger partial charge >= 0.3 is 11.9 Å². The molecule has 1 aromatic rings. The summed E-state index contributed by atoms with van der Waals surface area (Å²) >= 11 is 5.84. The Kier molecular flexibility index (Phi) is 4.92. The number of carbonyl (C=O) groups is 2. The number of ether oxygens (including phenoxy) is 2. The minimum absolute atomic E-state index is 0.220. The van der Waals surface area contributed by atoms with Gasteiger partial charge in [0.15, 0.2) is 0 Å². The molecule has 0 spiro atoms. The maximum Gasteiger partial charge on any atom is 0.342 e. The molecule has 4 nitrogen and oxygen atoms in total. The van der Waals surface area contributed by atoms with Crippen molar-refractivity contribution in [3.8, 4) is 0 Å². The summed E-state index contributed by atoms with van der Waals surface area (Å²) in [4.78, 5) is 22.9. The van der Waals surface area contributed by atoms with Gasteiger partial charge in [-0.3, -0.25) is 0 Å². The molecule has 0 heterocycles. The van der Waals surface area contributed by atoms with Gasteiger partial charge < -0.3 is 9.47 Å². The minimum Gasteiger partial charge on any atom is -0.422 e. The number of esters is 2. The van der Waals surface area contributed by atoms with Gasteiger partial charge in [-0.05, 0) is 19.1 Å². The van der Waals surface area contributed by atoms with Crippen LogP contribution in [0.4, 0.5) is 0 Å². The van der Waals surface area contributed by atoms with Gasteiger partial charge in [-0.25, -0.2) is 9.59 Å². The molecule has 96 valence electrons. The summed E-state index contributed by atoms with van der Waals surface area (Å²) < 4.78 is 9.75. The van der Waals surface area contributed by atoms with E-state index in [1.807, 2.05) is 0 Å². The molecule has 0 radical (unpaired) electrons. The Bertz CT molecular complexity index is 482. The summed E-state index contributed by atoms with van der Waals surface area (Å²) in [6.45, 7) is 6.37. The van der Waals surface area contributed by atoms with Gasteiger partial charge in [0, 0.05) is 12.5 Å². The fourth-order valence-corrected chi connectivity index (χ4v) is 1.33. The lowest BCUT2D eigenvalue weighted by atomic mass is 10.2. The number of rotatable bonds is 4. The van der Waals surface area contributed by atoms with Crippen LogP contribution in [0.1, 0.15) is 24.2 Å². The lowest BCUT2D eigenvalue weighted by Crippen LogP contribution is -2.22. The van der Waals surface area contributed by atoms with Crippen LogP contribution in [0.25, 0.3) is 0 Å². The molecule has 0 saturated heterocycles. The fourth-order valence-electron chi connectivity index (χ4n) is 1.12. The van der Waals surface area contributed by atoms with E-state index in [0.717, 1.165) is 0 Å². The van der Waals surface area contributed by atoms with Crippen molar-refractivity contribution < 1.29 is 19.1 Å². The van der Waals surface area contributed by atoms with Gasteiger partial charge in [0.25, 0.3) is 0 Å². The average molecular weight is 269 g/mol. The highest BCUT2D eigenvalue weighted by Crippen LogP contribution is 2.16. The predicted molar refractivity (Wildman–Crippen MR) is 67.2 cm³/mol. The summed E-state index contributed by atoms with van der Waals surface area (Å²) in [5.41, 5.74) is 0.452. The molecule has 5 heteroatoms. The van der Waals surface area contributed by atoms with Crippen molar-refractivity contribution in [2.24, 2.45) is 0 Å². The van der Waals surface area contributed by atoms with Crippen LogP contribution in [0, 0.1) is 0 Å². The van der Waals surface area contributed by atoms with E-state index in [4.69, 9.17) is 21.1 Å². The third-order valence-electron chi connectivity index (χ3n) is 1.99. The first-order chi connectivity index (χ1) is 8.41. The van der Waals surface area contributed by atoms with Gasteiger partial charge in [-0.1, -0.05) is 30.3 Å². The van der Waals surface area contributed by atoms with E-state index >= 15 is 0 Å². The lowest BCUT2D eigenvalue weighted by Gasteiger charge is -2.14. The van der Waals surface area contributed by atoms with E-state index in [-0.39, 0.29) is 16.2 Å². The first-order valence-corrected chi connectivity index (χ1v) is 5.61. The maximum absolute atomic E-state index is 11.7. The molecule has 18 heavy (non-hydrogen) atoms. The molecule has 0 saturated carbocycles. The van der Waals surface area contributed by atoms with Crippen molar-refractivity contribution in [1.29, 1.82) is 0 Å². The normalized spacial score (nSPS) is 11.5. The molecule has 0 aliphatic carbocycles. The first kappa shape index (κ1) is 14.3. The number of benzene rings is 1. The molecular formula is C13H13ClO4. The molecule has 1 atom stereocenters. The zero-order chi connectivity index (χ0) is 13.7. The van der Waals surface area contributed by atoms with Gasteiger partial charge in [-0.2, -0.15) is 0 Å². The molecule has 0 fully saturated rings. The molecule has 1 aromatic carbocycles. The second kappa shape index (κ2) is 6.21. The van der Waals surface area contributed by atoms with Crippen LogP contribution >= 0.6 is 11.6 Å². The largest absolute Gasteiger partial charge is 0.422 e. The molecule has 0 aliphatic heterocycles. The Labute approximate surface area is 110 Å². The van der Waals surface area contributed by atoms with Crippen molar-refractivity contribution in [2.45, 2.75) is 20.1 Å². The number of halogens is 1. The minimum atomic E-state index is -1.00. The molecular weight excluding hydrogens is 256 g/mol. The van der Waals surface area contributed by atoms with Gasteiger partial charge in [-0.15, -0.1) is 0 Å². The topological polar surface area (TPSA) is 52.6 Å². The SMILES string of the molecule is C=C(C)C(=O)OC(C)OC(=O)c1ccccc1Cl. The summed E-state index contributed by atoms with van der Waals surface area (Å²) in [5, 5.41) is 0.279. The number of hydrogen-bond acceptors (Lipinski definition) is 4. The van der Waals surface area contributed by atoms with Crippen LogP contribution in [0.5, 0.6) is 0 Å². The zero-order valence-corrected chi connectivity index (χ0v) is 10.9. The van der Waals surface area contributed by atoms with Crippen molar-refractivity contribution in [1.82, 2.24) is 0 Å². The monoisotopic (exact) mass is 268 g/mol. The van der Waals surface area contributed by atoms with Gasteiger partial charge in [0.05, 0.1) is 10.6 Å². The van der Waals surface area contributed by atoms with E-state index in [2.05, 4.69) is 6.58 Å². The van der Waals surface area contributed by atoms with Crippen LogP contribution in [0.15, 0.2) is 36.4 Å². The van der Waals surface area contributed by atoms with Crippen LogP contribution in [-0.2, 0) is 14.3 Å². The summed E-state index contributed by atoms with van der Waals surface area (Å²) in [7, 11) is 0. The van der Waals surface area contributed by atoms with Crippen LogP contribution in [0.3, 0.4) is 0 Å². The Balaban J connectivity index is 2.63. The maximum atomic E-state index is 11.7. The molecule has 1 unspecified atom stereocenters. The van der Waals surface area contributed by atoms with E-state index in [9.17, 15) is 9.59 Å². The quantitative estimate of drug-likeness (QED) is 0.479. The molecule has 1 rings (SSSR count). The smallest absolute Gasteiger partial charge is 0.342 e. The van der Waals surface area contributed by atoms with Gasteiger partial charge in [0.2, 0.25) is 6.29 Å². The highest BCUT2D eigenvalue weighted by atomic mass is 35.5. The Hall–Kier alpha value is -1.81. The highest BCUT2D eigenvalue weighted by molar-refractivity contribution is 6.33. The second-order valence-corrected chi connectivity index (χ2v) is 4.05. The van der Waals surface area contributed by atoms with Crippen molar-refractivity contribution in [3.63, 3.8) is 0 Å². The summed E-state index contributed by atoms with van der Waals surface area (Å²) in [6, 6.07) is 6.46. The van der Waals surface area contributed by atoms with Gasteiger partial charge in [0.1, 0.15) is 0 Å². The zero-order valence-electron chi connectivity index (χ0n) is 10.1. The second-order valence-electron chi connectivity index (χ2n) is 3.64. The van der Waals surface area contributed by atoms with E-state index in [1.165, 1.54) is 19.9 Å². The number of carbonyl (C=O) groups excluding carboxylic acids is 2. The Morgan fingerprint density at radius 1 is 1.28 bits per heavy atom. The first-order valence-electron chi connectivity index (χ1n) is 5.24. The van der Waals surface area contributed by atoms with Crippen LogP contribution in [-0.4, -0.2) is 18.2 Å². The summed E-state index contributed by atoms with van der Waals surface area (Å²) in [5.74, 6) is -1.27. The third kappa shape index (κ3) is 3.89. The standard InChI is InChI=1S/C13H13ClO4/c1-8(2)12(15)17-9(3)18-13(16)10-6-4-5-7-11(10)14/h4-7,9H,1H2,2-3H3. The Morgan fingerprint density at radius 3 is 2.44 bits per heavy atom. The third-order valence-corrected chi connectivity index (χ3v) is 2.32. The lowest BCUT2D eigenvalue weighted by molar-refractivity contribution is -0.160. The van der Waals surface area contributed by atoms with Crippen molar-refractivity contribution >= 4 is 23.5 Å². The fraction of sp³-hybridized carbons (Fsp3) is 0.231. The molecule has 0 N–H and O–H groups in total. The van der Waals surface area contributed by atoms with Crippen molar-refractivity contribution in [2.75, 3.05) is 0 Å². The summed E-state index contributed by atoms with van der Waals surface area (Å²) in [6.07, 6.45) is -1.00. The Morgan fingerprint density at radius 2 is 1.89 bits per heavy atom. The number of hydrogen-bond donors (Lipinski definition) is 0. The molecule has 0 aromatic heterocycles. The van der Waals surface area contributed by atoms with E-state index < -0.39 is 18.2 Å². The van der Waals surface area contributed by atoms with E-state index in [1.54, 1.807) is 18.2 Å². The molecule has 0 aliphatic rings. The van der Waals surface area contributed by atoms with Crippen molar-refractivity contribution in [3.05, 3.63) is 47.0 Å². The predicted octanol–water partition coefficient (Wildman–Crippen LogP) is 2.96. The van der Waals surface area contributed by atoms with Crippen LogP contribution < -0.4 is 0 Å². The highest BCUT2D eigenvalue weighted by Gasteiger charge is 2.17.